The van der Waals surface area contributed by atoms with Crippen molar-refractivity contribution in [3.05, 3.63) is 29.6 Å². The highest BCUT2D eigenvalue weighted by Gasteiger charge is 2.29. The fourth-order valence-electron chi connectivity index (χ4n) is 2.44. The molecule has 0 radical (unpaired) electrons. The molecule has 1 aliphatic carbocycles. The van der Waals surface area contributed by atoms with Crippen LogP contribution in [-0.4, -0.2) is 21.3 Å². The number of aryl methyl sites for hydroxylation is 1. The van der Waals surface area contributed by atoms with E-state index < -0.39 is 0 Å². The lowest BCUT2D eigenvalue weighted by atomic mass is 9.85. The Morgan fingerprint density at radius 2 is 2.11 bits per heavy atom. The summed E-state index contributed by atoms with van der Waals surface area (Å²) in [6.45, 7) is 4.26. The fraction of sp³-hybridized carbons (Fsp3) is 0.533. The summed E-state index contributed by atoms with van der Waals surface area (Å²) >= 11 is 0. The maximum atomic E-state index is 9.45. The van der Waals surface area contributed by atoms with Gasteiger partial charge in [-0.1, -0.05) is 19.9 Å². The molecule has 0 amide bonds. The second kappa shape index (κ2) is 3.82. The van der Waals surface area contributed by atoms with Crippen molar-refractivity contribution in [2.45, 2.75) is 38.0 Å². The molecule has 0 unspecified atom stereocenters. The first-order valence-corrected chi connectivity index (χ1v) is 6.60. The Morgan fingerprint density at radius 1 is 1.39 bits per heavy atom. The van der Waals surface area contributed by atoms with Gasteiger partial charge in [-0.2, -0.15) is 0 Å². The molecule has 1 N–H and O–H groups in total. The number of aliphatic hydroxyl groups is 1. The largest absolute Gasteiger partial charge is 0.395 e. The predicted molar refractivity (Wildman–Crippen MR) is 72.8 cm³/mol. The molecule has 1 aromatic carbocycles. The number of aromatic nitrogens is 2. The van der Waals surface area contributed by atoms with Crippen molar-refractivity contribution in [1.29, 1.82) is 0 Å². The molecule has 1 aromatic heterocycles. The van der Waals surface area contributed by atoms with Gasteiger partial charge in [-0.05, 0) is 30.5 Å². The highest BCUT2D eigenvalue weighted by Crippen LogP contribution is 2.40. The smallest absolute Gasteiger partial charge is 0.112 e. The molecule has 1 aliphatic rings. The van der Waals surface area contributed by atoms with Crippen molar-refractivity contribution in [1.82, 2.24) is 9.55 Å². The van der Waals surface area contributed by atoms with Gasteiger partial charge in [0.25, 0.3) is 0 Å². The van der Waals surface area contributed by atoms with Gasteiger partial charge in [-0.15, -0.1) is 0 Å². The van der Waals surface area contributed by atoms with Crippen LogP contribution in [-0.2, 0) is 12.5 Å². The maximum absolute atomic E-state index is 9.45. The monoisotopic (exact) mass is 244 g/mol. The lowest BCUT2D eigenvalue weighted by Crippen LogP contribution is -2.21. The number of nitrogens with zero attached hydrogens (tertiary/aromatic N) is 2. The van der Waals surface area contributed by atoms with Gasteiger partial charge >= 0.3 is 0 Å². The lowest BCUT2D eigenvalue weighted by Gasteiger charge is -2.22. The summed E-state index contributed by atoms with van der Waals surface area (Å²) < 4.78 is 2.21. The zero-order valence-electron chi connectivity index (χ0n) is 11.3. The van der Waals surface area contributed by atoms with Gasteiger partial charge in [0.05, 0.1) is 17.6 Å². The SMILES string of the molecule is Cn1c(C2CC2)nc2cc(C(C)(C)CO)ccc21. The van der Waals surface area contributed by atoms with Gasteiger partial charge in [-0.3, -0.25) is 0 Å². The summed E-state index contributed by atoms with van der Waals surface area (Å²) in [5.41, 5.74) is 3.19. The summed E-state index contributed by atoms with van der Waals surface area (Å²) in [5, 5.41) is 9.45. The lowest BCUT2D eigenvalue weighted by molar-refractivity contribution is 0.218. The van der Waals surface area contributed by atoms with Gasteiger partial charge < -0.3 is 9.67 Å². The van der Waals surface area contributed by atoms with E-state index in [0.717, 1.165) is 11.1 Å². The highest BCUT2D eigenvalue weighted by atomic mass is 16.3. The number of aliphatic hydroxyl groups excluding tert-OH is 1. The summed E-state index contributed by atoms with van der Waals surface area (Å²) in [4.78, 5) is 4.76. The molecule has 0 bridgehead atoms. The Balaban J connectivity index is 2.12. The van der Waals surface area contributed by atoms with Crippen LogP contribution in [0.3, 0.4) is 0 Å². The molecule has 3 nitrogen and oxygen atoms in total. The van der Waals surface area contributed by atoms with E-state index in [1.807, 2.05) is 0 Å². The second-order valence-corrected chi connectivity index (χ2v) is 6.05. The topological polar surface area (TPSA) is 38.0 Å². The second-order valence-electron chi connectivity index (χ2n) is 6.05. The predicted octanol–water partition coefficient (Wildman–Crippen LogP) is 2.72. The summed E-state index contributed by atoms with van der Waals surface area (Å²) in [6, 6.07) is 6.36. The molecule has 1 fully saturated rings. The van der Waals surface area contributed by atoms with Gasteiger partial charge in [0.1, 0.15) is 5.82 Å². The van der Waals surface area contributed by atoms with Crippen LogP contribution in [0.15, 0.2) is 18.2 Å². The third kappa shape index (κ3) is 1.74. The van der Waals surface area contributed by atoms with Gasteiger partial charge in [0.2, 0.25) is 0 Å². The van der Waals surface area contributed by atoms with E-state index in [2.05, 4.69) is 43.7 Å². The van der Waals surface area contributed by atoms with Crippen LogP contribution in [0.5, 0.6) is 0 Å². The van der Waals surface area contributed by atoms with Gasteiger partial charge in [0, 0.05) is 18.4 Å². The first kappa shape index (κ1) is 11.7. The maximum Gasteiger partial charge on any atom is 0.112 e. The minimum atomic E-state index is -0.203. The van der Waals surface area contributed by atoms with E-state index in [1.54, 1.807) is 0 Å². The quantitative estimate of drug-likeness (QED) is 0.901. The molecule has 0 atom stereocenters. The molecule has 0 aliphatic heterocycles. The van der Waals surface area contributed by atoms with E-state index >= 15 is 0 Å². The number of imidazole rings is 1. The third-order valence-electron chi connectivity index (χ3n) is 4.03. The molecular weight excluding hydrogens is 224 g/mol. The van der Waals surface area contributed by atoms with Gasteiger partial charge in [0.15, 0.2) is 0 Å². The van der Waals surface area contributed by atoms with Crippen molar-refractivity contribution >= 4 is 11.0 Å². The average molecular weight is 244 g/mol. The highest BCUT2D eigenvalue weighted by molar-refractivity contribution is 5.77. The molecule has 3 rings (SSSR count). The summed E-state index contributed by atoms with van der Waals surface area (Å²) in [5.74, 6) is 1.88. The van der Waals surface area contributed by atoms with Crippen LogP contribution in [0.25, 0.3) is 11.0 Å². The molecule has 2 aromatic rings. The fourth-order valence-corrected chi connectivity index (χ4v) is 2.44. The number of benzene rings is 1. The summed E-state index contributed by atoms with van der Waals surface area (Å²) in [6.07, 6.45) is 2.54. The Morgan fingerprint density at radius 3 is 2.72 bits per heavy atom. The van der Waals surface area contributed by atoms with E-state index in [1.165, 1.54) is 24.2 Å². The zero-order chi connectivity index (χ0) is 12.9. The molecular formula is C15H20N2O. The van der Waals surface area contributed by atoms with Crippen molar-refractivity contribution in [2.75, 3.05) is 6.61 Å². The Bertz CT molecular complexity index is 594. The van der Waals surface area contributed by atoms with Crippen LogP contribution in [0.1, 0.15) is 44.0 Å². The van der Waals surface area contributed by atoms with Crippen molar-refractivity contribution < 1.29 is 5.11 Å². The molecule has 18 heavy (non-hydrogen) atoms. The van der Waals surface area contributed by atoms with Crippen LogP contribution >= 0.6 is 0 Å². The Hall–Kier alpha value is -1.35. The van der Waals surface area contributed by atoms with E-state index in [0.29, 0.717) is 5.92 Å². The molecule has 3 heteroatoms. The zero-order valence-corrected chi connectivity index (χ0v) is 11.3. The van der Waals surface area contributed by atoms with Gasteiger partial charge in [-0.25, -0.2) is 4.98 Å². The molecule has 1 saturated carbocycles. The minimum Gasteiger partial charge on any atom is -0.395 e. The third-order valence-corrected chi connectivity index (χ3v) is 4.03. The number of rotatable bonds is 3. The van der Waals surface area contributed by atoms with Crippen molar-refractivity contribution in [2.24, 2.45) is 7.05 Å². The van der Waals surface area contributed by atoms with Crippen molar-refractivity contribution in [3.8, 4) is 0 Å². The number of hydrogen-bond donors (Lipinski definition) is 1. The standard InChI is InChI=1S/C15H20N2O/c1-15(2,9-18)11-6-7-13-12(8-11)16-14(17(13)3)10-4-5-10/h6-8,10,18H,4-5,9H2,1-3H3. The van der Waals surface area contributed by atoms with Crippen LogP contribution in [0.4, 0.5) is 0 Å². The minimum absolute atomic E-state index is 0.154. The Kier molecular flexibility index (Phi) is 2.49. The molecule has 1 heterocycles. The van der Waals surface area contributed by atoms with E-state index in [4.69, 9.17) is 4.98 Å². The Labute approximate surface area is 107 Å². The normalized spacial score (nSPS) is 16.4. The van der Waals surface area contributed by atoms with Crippen LogP contribution in [0, 0.1) is 0 Å². The van der Waals surface area contributed by atoms with E-state index in [9.17, 15) is 5.11 Å². The number of fused-ring (bicyclic) bond motifs is 1. The first-order chi connectivity index (χ1) is 8.53. The molecule has 0 spiro atoms. The van der Waals surface area contributed by atoms with Crippen molar-refractivity contribution in [3.63, 3.8) is 0 Å². The first-order valence-electron chi connectivity index (χ1n) is 6.60. The number of hydrogen-bond acceptors (Lipinski definition) is 2. The average Bonchev–Trinajstić information content (AvgIpc) is 3.15. The molecule has 96 valence electrons. The molecule has 0 saturated heterocycles. The van der Waals surface area contributed by atoms with Crippen LogP contribution in [0.2, 0.25) is 0 Å². The van der Waals surface area contributed by atoms with Crippen LogP contribution < -0.4 is 0 Å². The van der Waals surface area contributed by atoms with E-state index in [-0.39, 0.29) is 12.0 Å². The summed E-state index contributed by atoms with van der Waals surface area (Å²) in [7, 11) is 2.10.